The van der Waals surface area contributed by atoms with Crippen LogP contribution >= 0.6 is 23.2 Å². The summed E-state index contributed by atoms with van der Waals surface area (Å²) >= 11 is 12.6. The average Bonchev–Trinajstić information content (AvgIpc) is 2.68. The van der Waals surface area contributed by atoms with Crippen LogP contribution in [-0.4, -0.2) is 32.2 Å². The standard InChI is InChI=1S/C19H14Cl2N4O2/c1-10-2-3-14-12(8-10)9-13(17(21)23-14)16-15(20)19(27)25(16)24-18(26)11-4-6-22-7-5-11/h2-9,15-16H,1H3,(H,24,26). The van der Waals surface area contributed by atoms with Crippen LogP contribution in [0.2, 0.25) is 5.15 Å². The van der Waals surface area contributed by atoms with Crippen molar-refractivity contribution in [2.75, 3.05) is 0 Å². The van der Waals surface area contributed by atoms with E-state index in [1.165, 1.54) is 17.4 Å². The highest BCUT2D eigenvalue weighted by molar-refractivity contribution is 6.35. The molecule has 1 fully saturated rings. The second-order valence-electron chi connectivity index (χ2n) is 6.30. The first-order chi connectivity index (χ1) is 13.0. The van der Waals surface area contributed by atoms with Crippen molar-refractivity contribution in [3.63, 3.8) is 0 Å². The van der Waals surface area contributed by atoms with Gasteiger partial charge < -0.3 is 0 Å². The fourth-order valence-corrected chi connectivity index (χ4v) is 3.66. The number of pyridine rings is 2. The van der Waals surface area contributed by atoms with Crippen molar-refractivity contribution in [1.82, 2.24) is 20.4 Å². The molecule has 2 atom stereocenters. The highest BCUT2D eigenvalue weighted by Gasteiger charge is 2.49. The van der Waals surface area contributed by atoms with Crippen LogP contribution in [0.4, 0.5) is 0 Å². The van der Waals surface area contributed by atoms with Crippen LogP contribution in [0.5, 0.6) is 0 Å². The number of aryl methyl sites for hydroxylation is 1. The summed E-state index contributed by atoms with van der Waals surface area (Å²) in [6, 6.07) is 10.2. The van der Waals surface area contributed by atoms with Crippen molar-refractivity contribution < 1.29 is 9.59 Å². The third-order valence-electron chi connectivity index (χ3n) is 4.46. The number of halogens is 2. The first kappa shape index (κ1) is 17.7. The fraction of sp³-hybridized carbons (Fsp3) is 0.158. The Morgan fingerprint density at radius 2 is 1.93 bits per heavy atom. The molecule has 3 heterocycles. The molecule has 1 aromatic carbocycles. The number of hydrogen-bond acceptors (Lipinski definition) is 4. The van der Waals surface area contributed by atoms with Crippen LogP contribution in [0.15, 0.2) is 48.8 Å². The van der Waals surface area contributed by atoms with Crippen LogP contribution in [0.25, 0.3) is 10.9 Å². The summed E-state index contributed by atoms with van der Waals surface area (Å²) in [6.45, 7) is 1.98. The van der Waals surface area contributed by atoms with E-state index in [1.807, 2.05) is 31.2 Å². The molecule has 0 aliphatic carbocycles. The predicted octanol–water partition coefficient (Wildman–Crippen LogP) is 3.43. The van der Waals surface area contributed by atoms with E-state index in [9.17, 15) is 9.59 Å². The lowest BCUT2D eigenvalue weighted by Crippen LogP contribution is -2.63. The molecule has 8 heteroatoms. The molecule has 1 aliphatic rings. The summed E-state index contributed by atoms with van der Waals surface area (Å²) in [5.41, 5.74) is 5.39. The minimum absolute atomic E-state index is 0.248. The van der Waals surface area contributed by atoms with Crippen molar-refractivity contribution >= 4 is 45.9 Å². The van der Waals surface area contributed by atoms with Crippen molar-refractivity contribution in [2.45, 2.75) is 18.3 Å². The number of fused-ring (bicyclic) bond motifs is 1. The van der Waals surface area contributed by atoms with Crippen molar-refractivity contribution in [1.29, 1.82) is 0 Å². The molecule has 0 saturated carbocycles. The first-order valence-corrected chi connectivity index (χ1v) is 9.02. The summed E-state index contributed by atoms with van der Waals surface area (Å²) < 4.78 is 0. The number of carbonyl (C=O) groups is 2. The van der Waals surface area contributed by atoms with Crippen LogP contribution in [0, 0.1) is 6.92 Å². The van der Waals surface area contributed by atoms with Gasteiger partial charge in [-0.1, -0.05) is 23.2 Å². The molecule has 0 bridgehead atoms. The van der Waals surface area contributed by atoms with E-state index in [1.54, 1.807) is 12.1 Å². The number of hydrazine groups is 1. The Hall–Kier alpha value is -2.70. The molecule has 2 unspecified atom stereocenters. The Balaban J connectivity index is 1.67. The molecule has 2 amide bonds. The molecule has 4 rings (SSSR count). The summed E-state index contributed by atoms with van der Waals surface area (Å²) in [5, 5.41) is 1.50. The van der Waals surface area contributed by atoms with Gasteiger partial charge in [0.1, 0.15) is 16.6 Å². The van der Waals surface area contributed by atoms with Crippen molar-refractivity contribution in [2.24, 2.45) is 0 Å². The minimum Gasteiger partial charge on any atom is -0.271 e. The Kier molecular flexibility index (Phi) is 4.45. The maximum atomic E-state index is 12.4. The lowest BCUT2D eigenvalue weighted by molar-refractivity contribution is -0.149. The highest BCUT2D eigenvalue weighted by Crippen LogP contribution is 2.40. The summed E-state index contributed by atoms with van der Waals surface area (Å²) in [6.07, 6.45) is 3.00. The van der Waals surface area contributed by atoms with Crippen molar-refractivity contribution in [3.05, 3.63) is 70.6 Å². The van der Waals surface area contributed by atoms with Gasteiger partial charge in [-0.3, -0.25) is 20.0 Å². The van der Waals surface area contributed by atoms with Gasteiger partial charge in [-0.2, -0.15) is 0 Å². The molecule has 136 valence electrons. The predicted molar refractivity (Wildman–Crippen MR) is 102 cm³/mol. The maximum absolute atomic E-state index is 12.4. The van der Waals surface area contributed by atoms with Gasteiger partial charge in [0.15, 0.2) is 0 Å². The van der Waals surface area contributed by atoms with E-state index in [2.05, 4.69) is 15.4 Å². The number of alkyl halides is 1. The van der Waals surface area contributed by atoms with Gasteiger partial charge >= 0.3 is 0 Å². The van der Waals surface area contributed by atoms with Gasteiger partial charge in [0.25, 0.3) is 11.8 Å². The molecule has 1 aliphatic heterocycles. The second kappa shape index (κ2) is 6.79. The van der Waals surface area contributed by atoms with Crippen LogP contribution in [-0.2, 0) is 4.79 Å². The number of benzene rings is 1. The summed E-state index contributed by atoms with van der Waals surface area (Å²) in [4.78, 5) is 32.9. The number of carbonyl (C=O) groups excluding carboxylic acids is 2. The van der Waals surface area contributed by atoms with Gasteiger partial charge in [-0.25, -0.2) is 9.99 Å². The molecule has 1 N–H and O–H groups in total. The van der Waals surface area contributed by atoms with E-state index in [4.69, 9.17) is 23.2 Å². The van der Waals surface area contributed by atoms with Crippen LogP contribution < -0.4 is 5.43 Å². The SMILES string of the molecule is Cc1ccc2nc(Cl)c(C3C(Cl)C(=O)N3NC(=O)c3ccncc3)cc2c1. The zero-order valence-electron chi connectivity index (χ0n) is 14.2. The number of nitrogens with zero attached hydrogens (tertiary/aromatic N) is 3. The van der Waals surface area contributed by atoms with E-state index >= 15 is 0 Å². The van der Waals surface area contributed by atoms with Gasteiger partial charge in [-0.05, 0) is 37.3 Å². The normalized spacial score (nSPS) is 19.1. The first-order valence-electron chi connectivity index (χ1n) is 8.20. The fourth-order valence-electron chi connectivity index (χ4n) is 3.05. The molecule has 3 aromatic rings. The third-order valence-corrected chi connectivity index (χ3v) is 5.19. The average molecular weight is 401 g/mol. The van der Waals surface area contributed by atoms with Gasteiger partial charge in [0, 0.05) is 28.9 Å². The second-order valence-corrected chi connectivity index (χ2v) is 7.12. The number of β-lactam (4-membered cyclic amide) rings is 1. The number of amides is 2. The van der Waals surface area contributed by atoms with Gasteiger partial charge in [0.2, 0.25) is 0 Å². The molecular formula is C19H14Cl2N4O2. The molecule has 0 spiro atoms. The number of hydrogen-bond donors (Lipinski definition) is 1. The molecule has 6 nitrogen and oxygen atoms in total. The van der Waals surface area contributed by atoms with E-state index in [0.29, 0.717) is 11.1 Å². The molecule has 27 heavy (non-hydrogen) atoms. The highest BCUT2D eigenvalue weighted by atomic mass is 35.5. The smallest absolute Gasteiger partial charge is 0.270 e. The lowest BCUT2D eigenvalue weighted by atomic mass is 9.95. The molecule has 0 radical (unpaired) electrons. The van der Waals surface area contributed by atoms with Crippen LogP contribution in [0.1, 0.15) is 27.5 Å². The Bertz CT molecular complexity index is 1060. The van der Waals surface area contributed by atoms with Crippen molar-refractivity contribution in [3.8, 4) is 0 Å². The van der Waals surface area contributed by atoms with Crippen LogP contribution in [0.3, 0.4) is 0 Å². The molecule has 2 aromatic heterocycles. The maximum Gasteiger partial charge on any atom is 0.270 e. The van der Waals surface area contributed by atoms with E-state index < -0.39 is 23.2 Å². The number of rotatable bonds is 3. The van der Waals surface area contributed by atoms with Gasteiger partial charge in [0.05, 0.1) is 5.52 Å². The Labute approximate surface area is 165 Å². The number of aromatic nitrogens is 2. The Morgan fingerprint density at radius 3 is 2.67 bits per heavy atom. The zero-order valence-corrected chi connectivity index (χ0v) is 15.7. The third kappa shape index (κ3) is 3.11. The summed E-state index contributed by atoms with van der Waals surface area (Å²) in [5.74, 6) is -0.829. The minimum atomic E-state index is -0.829. The Morgan fingerprint density at radius 1 is 1.19 bits per heavy atom. The largest absolute Gasteiger partial charge is 0.271 e. The van der Waals surface area contributed by atoms with E-state index in [0.717, 1.165) is 16.5 Å². The quantitative estimate of drug-likeness (QED) is 0.415. The lowest BCUT2D eigenvalue weighted by Gasteiger charge is -2.44. The topological polar surface area (TPSA) is 75.2 Å². The molecule has 1 saturated heterocycles. The van der Waals surface area contributed by atoms with Gasteiger partial charge in [-0.15, -0.1) is 11.6 Å². The zero-order chi connectivity index (χ0) is 19.1. The summed E-state index contributed by atoms with van der Waals surface area (Å²) in [7, 11) is 0. The molecular weight excluding hydrogens is 387 g/mol. The number of nitrogens with one attached hydrogen (secondary N) is 1. The van der Waals surface area contributed by atoms with E-state index in [-0.39, 0.29) is 5.15 Å². The monoisotopic (exact) mass is 400 g/mol.